The Labute approximate surface area is 113 Å². The van der Waals surface area contributed by atoms with E-state index in [-0.39, 0.29) is 5.69 Å². The molecule has 0 atom stereocenters. The van der Waals surface area contributed by atoms with Crippen molar-refractivity contribution >= 4 is 37.6 Å². The van der Waals surface area contributed by atoms with Crippen molar-refractivity contribution < 1.29 is 13.0 Å². The third-order valence-corrected chi connectivity index (χ3v) is 3.46. The average molecular weight is 329 g/mol. The first-order valence-corrected chi connectivity index (χ1v) is 7.11. The SMILES string of the molecule is O=S(=O)(O)N(c1ccccc1)c1cncc(Br)c1. The molecule has 1 aromatic heterocycles. The van der Waals surface area contributed by atoms with Crippen LogP contribution in [-0.4, -0.2) is 18.0 Å². The summed E-state index contributed by atoms with van der Waals surface area (Å²) in [6.45, 7) is 0. The van der Waals surface area contributed by atoms with Gasteiger partial charge in [0.15, 0.2) is 0 Å². The molecule has 0 aliphatic carbocycles. The summed E-state index contributed by atoms with van der Waals surface area (Å²) in [6, 6.07) is 9.82. The van der Waals surface area contributed by atoms with E-state index in [0.29, 0.717) is 10.2 Å². The molecule has 18 heavy (non-hydrogen) atoms. The molecule has 1 N–H and O–H groups in total. The molecule has 2 aromatic rings. The zero-order valence-corrected chi connectivity index (χ0v) is 11.5. The van der Waals surface area contributed by atoms with Crippen LogP contribution >= 0.6 is 15.9 Å². The first kappa shape index (κ1) is 13.0. The predicted octanol–water partition coefficient (Wildman–Crippen LogP) is 2.79. The molecule has 1 heterocycles. The third-order valence-electron chi connectivity index (χ3n) is 2.15. The maximum Gasteiger partial charge on any atom is 0.364 e. The van der Waals surface area contributed by atoms with E-state index in [0.717, 1.165) is 4.31 Å². The minimum atomic E-state index is -4.42. The molecule has 0 saturated carbocycles. The highest BCUT2D eigenvalue weighted by Crippen LogP contribution is 2.28. The van der Waals surface area contributed by atoms with Crippen molar-refractivity contribution in [3.63, 3.8) is 0 Å². The van der Waals surface area contributed by atoms with Crippen LogP contribution in [0.2, 0.25) is 0 Å². The highest BCUT2D eigenvalue weighted by atomic mass is 79.9. The maximum atomic E-state index is 11.5. The molecule has 7 heteroatoms. The van der Waals surface area contributed by atoms with Crippen LogP contribution in [0.15, 0.2) is 53.3 Å². The van der Waals surface area contributed by atoms with Crippen LogP contribution in [0, 0.1) is 0 Å². The monoisotopic (exact) mass is 328 g/mol. The fourth-order valence-electron chi connectivity index (χ4n) is 1.49. The molecule has 0 amide bonds. The van der Waals surface area contributed by atoms with Gasteiger partial charge in [0, 0.05) is 10.7 Å². The molecule has 0 aliphatic rings. The lowest BCUT2D eigenvalue weighted by Crippen LogP contribution is -2.25. The normalized spacial score (nSPS) is 11.2. The zero-order chi connectivity index (χ0) is 13.2. The molecule has 0 saturated heterocycles. The molecule has 0 spiro atoms. The summed E-state index contributed by atoms with van der Waals surface area (Å²) < 4.78 is 33.7. The van der Waals surface area contributed by atoms with Crippen LogP contribution in [0.1, 0.15) is 0 Å². The van der Waals surface area contributed by atoms with E-state index in [1.807, 2.05) is 0 Å². The number of hydrogen-bond donors (Lipinski definition) is 1. The lowest BCUT2D eigenvalue weighted by molar-refractivity contribution is 0.483. The molecule has 2 rings (SSSR count). The second-order valence-electron chi connectivity index (χ2n) is 3.44. The Hall–Kier alpha value is -1.44. The largest absolute Gasteiger partial charge is 0.364 e. The standard InChI is InChI=1S/C11H9BrN2O3S/c12-9-6-11(8-13-7-9)14(18(15,16)17)10-4-2-1-3-5-10/h1-8H,(H,15,16,17). The Balaban J connectivity index is 2.58. The van der Waals surface area contributed by atoms with Gasteiger partial charge in [-0.25, -0.2) is 4.31 Å². The van der Waals surface area contributed by atoms with Gasteiger partial charge in [-0.2, -0.15) is 8.42 Å². The summed E-state index contributed by atoms with van der Waals surface area (Å²) in [6.07, 6.45) is 2.88. The van der Waals surface area contributed by atoms with E-state index < -0.39 is 10.3 Å². The molecular formula is C11H9BrN2O3S. The Morgan fingerprint density at radius 2 is 1.78 bits per heavy atom. The van der Waals surface area contributed by atoms with Crippen LogP contribution in [0.5, 0.6) is 0 Å². The lowest BCUT2D eigenvalue weighted by atomic mass is 10.3. The van der Waals surface area contributed by atoms with Gasteiger partial charge < -0.3 is 0 Å². The predicted molar refractivity (Wildman–Crippen MR) is 72.1 cm³/mol. The molecule has 0 unspecified atom stereocenters. The van der Waals surface area contributed by atoms with E-state index in [1.54, 1.807) is 36.4 Å². The highest BCUT2D eigenvalue weighted by molar-refractivity contribution is 9.10. The molecule has 0 fully saturated rings. The highest BCUT2D eigenvalue weighted by Gasteiger charge is 2.22. The van der Waals surface area contributed by atoms with Gasteiger partial charge in [0.2, 0.25) is 0 Å². The fourth-order valence-corrected chi connectivity index (χ4v) is 2.60. The van der Waals surface area contributed by atoms with Gasteiger partial charge in [-0.15, -0.1) is 0 Å². The number of aromatic nitrogens is 1. The van der Waals surface area contributed by atoms with Gasteiger partial charge in [0.25, 0.3) is 0 Å². The van der Waals surface area contributed by atoms with Crippen LogP contribution in [0.3, 0.4) is 0 Å². The number of hydrogen-bond acceptors (Lipinski definition) is 3. The lowest BCUT2D eigenvalue weighted by Gasteiger charge is -2.20. The third kappa shape index (κ3) is 2.87. The first-order valence-electron chi connectivity index (χ1n) is 4.92. The van der Waals surface area contributed by atoms with E-state index in [4.69, 9.17) is 0 Å². The molecule has 0 radical (unpaired) electrons. The first-order chi connectivity index (χ1) is 8.48. The summed E-state index contributed by atoms with van der Waals surface area (Å²) in [5, 5.41) is 0. The molecule has 5 nitrogen and oxygen atoms in total. The molecule has 1 aromatic carbocycles. The number of rotatable bonds is 3. The van der Waals surface area contributed by atoms with Crippen molar-refractivity contribution in [2.75, 3.05) is 4.31 Å². The number of benzene rings is 1. The van der Waals surface area contributed by atoms with Crippen molar-refractivity contribution in [3.8, 4) is 0 Å². The van der Waals surface area contributed by atoms with Crippen LogP contribution in [0.25, 0.3) is 0 Å². The Morgan fingerprint density at radius 1 is 1.11 bits per heavy atom. The van der Waals surface area contributed by atoms with E-state index in [9.17, 15) is 13.0 Å². The van der Waals surface area contributed by atoms with Gasteiger partial charge in [-0.05, 0) is 34.1 Å². The van der Waals surface area contributed by atoms with E-state index >= 15 is 0 Å². The molecule has 94 valence electrons. The molecule has 0 bridgehead atoms. The van der Waals surface area contributed by atoms with Gasteiger partial charge in [0.1, 0.15) is 0 Å². The van der Waals surface area contributed by atoms with E-state index in [1.165, 1.54) is 12.4 Å². The minimum Gasteiger partial charge on any atom is -0.269 e. The van der Waals surface area contributed by atoms with Crippen molar-refractivity contribution in [1.82, 2.24) is 4.98 Å². The summed E-state index contributed by atoms with van der Waals surface area (Å²) in [5.41, 5.74) is 0.581. The smallest absolute Gasteiger partial charge is 0.269 e. The maximum absolute atomic E-state index is 11.5. The summed E-state index contributed by atoms with van der Waals surface area (Å²) in [7, 11) is -4.42. The Morgan fingerprint density at radius 3 is 2.33 bits per heavy atom. The fraction of sp³-hybridized carbons (Fsp3) is 0. The van der Waals surface area contributed by atoms with Crippen molar-refractivity contribution in [2.24, 2.45) is 0 Å². The summed E-state index contributed by atoms with van der Waals surface area (Å²) in [4.78, 5) is 3.88. The topological polar surface area (TPSA) is 70.5 Å². The van der Waals surface area contributed by atoms with Gasteiger partial charge in [0.05, 0.1) is 17.6 Å². The number of halogens is 1. The number of pyridine rings is 1. The number of anilines is 2. The van der Waals surface area contributed by atoms with Crippen molar-refractivity contribution in [3.05, 3.63) is 53.3 Å². The molecular weight excluding hydrogens is 320 g/mol. The van der Waals surface area contributed by atoms with E-state index in [2.05, 4.69) is 20.9 Å². The van der Waals surface area contributed by atoms with Crippen LogP contribution < -0.4 is 4.31 Å². The number of para-hydroxylation sites is 1. The van der Waals surface area contributed by atoms with Crippen LogP contribution in [0.4, 0.5) is 11.4 Å². The van der Waals surface area contributed by atoms with Gasteiger partial charge in [-0.1, -0.05) is 18.2 Å². The quantitative estimate of drug-likeness (QED) is 0.879. The Kier molecular flexibility index (Phi) is 3.65. The second kappa shape index (κ2) is 5.05. The summed E-state index contributed by atoms with van der Waals surface area (Å²) in [5.74, 6) is 0. The second-order valence-corrected chi connectivity index (χ2v) is 5.62. The number of nitrogens with zero attached hydrogens (tertiary/aromatic N) is 2. The van der Waals surface area contributed by atoms with Crippen molar-refractivity contribution in [2.45, 2.75) is 0 Å². The van der Waals surface area contributed by atoms with Crippen LogP contribution in [-0.2, 0) is 10.3 Å². The minimum absolute atomic E-state index is 0.248. The van der Waals surface area contributed by atoms with Crippen molar-refractivity contribution in [1.29, 1.82) is 0 Å². The average Bonchev–Trinajstić information content (AvgIpc) is 2.28. The summed E-state index contributed by atoms with van der Waals surface area (Å²) >= 11 is 3.20. The zero-order valence-electron chi connectivity index (χ0n) is 9.06. The van der Waals surface area contributed by atoms with Gasteiger partial charge >= 0.3 is 10.3 Å². The molecule has 0 aliphatic heterocycles. The van der Waals surface area contributed by atoms with Gasteiger partial charge in [-0.3, -0.25) is 9.54 Å². The Bertz CT molecular complexity index is 646.